The summed E-state index contributed by atoms with van der Waals surface area (Å²) < 4.78 is 1.92. The lowest BCUT2D eigenvalue weighted by atomic mass is 10.1. The van der Waals surface area contributed by atoms with Crippen molar-refractivity contribution in [3.63, 3.8) is 0 Å². The van der Waals surface area contributed by atoms with Gasteiger partial charge in [0.15, 0.2) is 0 Å². The molecule has 0 amide bonds. The lowest BCUT2D eigenvalue weighted by molar-refractivity contribution is 0.603. The zero-order valence-electron chi connectivity index (χ0n) is 9.15. The Morgan fingerprint density at radius 3 is 2.94 bits per heavy atom. The molecule has 4 heteroatoms. The molecule has 0 aliphatic rings. The van der Waals surface area contributed by atoms with Crippen molar-refractivity contribution in [2.75, 3.05) is 5.73 Å². The number of halogens is 1. The van der Waals surface area contributed by atoms with E-state index in [4.69, 9.17) is 17.3 Å². The standard InChI is InChI=1S/C12H14ClN3/c1-2-5-16-8-9(7-15-16)11-4-3-10(14)6-12(11)13/h3-4,6-8H,2,5,14H2,1H3. The van der Waals surface area contributed by atoms with Crippen LogP contribution in [0.4, 0.5) is 5.69 Å². The van der Waals surface area contributed by atoms with Gasteiger partial charge in [0, 0.05) is 29.6 Å². The molecule has 84 valence electrons. The van der Waals surface area contributed by atoms with E-state index < -0.39 is 0 Å². The van der Waals surface area contributed by atoms with E-state index in [0.29, 0.717) is 10.7 Å². The average molecular weight is 236 g/mol. The molecule has 0 aliphatic heterocycles. The van der Waals surface area contributed by atoms with Crippen LogP contribution in [0, 0.1) is 0 Å². The first kappa shape index (κ1) is 11.0. The number of nitrogens with two attached hydrogens (primary N) is 1. The highest BCUT2D eigenvalue weighted by atomic mass is 35.5. The third-order valence-corrected chi connectivity index (χ3v) is 2.70. The second-order valence-electron chi connectivity index (χ2n) is 3.73. The minimum Gasteiger partial charge on any atom is -0.399 e. The molecule has 3 nitrogen and oxygen atoms in total. The van der Waals surface area contributed by atoms with Crippen molar-refractivity contribution < 1.29 is 0 Å². The molecule has 2 aromatic rings. The molecule has 0 aliphatic carbocycles. The van der Waals surface area contributed by atoms with Crippen molar-refractivity contribution in [3.05, 3.63) is 35.6 Å². The summed E-state index contributed by atoms with van der Waals surface area (Å²) in [6, 6.07) is 5.53. The predicted molar refractivity (Wildman–Crippen MR) is 67.4 cm³/mol. The summed E-state index contributed by atoms with van der Waals surface area (Å²) in [5.41, 5.74) is 8.33. The number of anilines is 1. The van der Waals surface area contributed by atoms with E-state index in [1.807, 2.05) is 29.2 Å². The van der Waals surface area contributed by atoms with Crippen LogP contribution in [0.5, 0.6) is 0 Å². The number of aryl methyl sites for hydroxylation is 1. The first-order chi connectivity index (χ1) is 7.70. The van der Waals surface area contributed by atoms with Gasteiger partial charge in [-0.2, -0.15) is 5.10 Å². The fraction of sp³-hybridized carbons (Fsp3) is 0.250. The van der Waals surface area contributed by atoms with Crippen molar-refractivity contribution >= 4 is 17.3 Å². The van der Waals surface area contributed by atoms with Gasteiger partial charge >= 0.3 is 0 Å². The minimum absolute atomic E-state index is 0.663. The summed E-state index contributed by atoms with van der Waals surface area (Å²) in [5.74, 6) is 0. The van der Waals surface area contributed by atoms with Gasteiger partial charge in [0.2, 0.25) is 0 Å². The van der Waals surface area contributed by atoms with Crippen molar-refractivity contribution in [1.82, 2.24) is 9.78 Å². The molecular formula is C12H14ClN3. The molecule has 16 heavy (non-hydrogen) atoms. The molecular weight excluding hydrogens is 222 g/mol. The molecule has 2 rings (SSSR count). The van der Waals surface area contributed by atoms with Crippen LogP contribution in [0.3, 0.4) is 0 Å². The maximum Gasteiger partial charge on any atom is 0.0568 e. The Morgan fingerprint density at radius 1 is 1.44 bits per heavy atom. The fourth-order valence-corrected chi connectivity index (χ4v) is 1.92. The Kier molecular flexibility index (Phi) is 3.15. The molecule has 0 fully saturated rings. The highest BCUT2D eigenvalue weighted by Gasteiger charge is 2.06. The van der Waals surface area contributed by atoms with Crippen molar-refractivity contribution in [1.29, 1.82) is 0 Å². The van der Waals surface area contributed by atoms with Gasteiger partial charge in [0.1, 0.15) is 0 Å². The summed E-state index contributed by atoms with van der Waals surface area (Å²) in [6.07, 6.45) is 4.89. The van der Waals surface area contributed by atoms with Gasteiger partial charge in [-0.1, -0.05) is 24.6 Å². The predicted octanol–water partition coefficient (Wildman–Crippen LogP) is 3.20. The number of rotatable bonds is 3. The largest absolute Gasteiger partial charge is 0.399 e. The Morgan fingerprint density at radius 2 is 2.25 bits per heavy atom. The van der Waals surface area contributed by atoms with Gasteiger partial charge < -0.3 is 5.73 Å². The van der Waals surface area contributed by atoms with Gasteiger partial charge in [-0.25, -0.2) is 0 Å². The maximum atomic E-state index is 6.13. The van der Waals surface area contributed by atoms with Gasteiger partial charge in [0.05, 0.1) is 11.2 Å². The molecule has 0 unspecified atom stereocenters. The van der Waals surface area contributed by atoms with Crippen molar-refractivity contribution in [2.24, 2.45) is 0 Å². The Balaban J connectivity index is 2.35. The van der Waals surface area contributed by atoms with Crippen LogP contribution in [0.25, 0.3) is 11.1 Å². The summed E-state index contributed by atoms with van der Waals surface area (Å²) in [4.78, 5) is 0. The topological polar surface area (TPSA) is 43.8 Å². The zero-order chi connectivity index (χ0) is 11.5. The van der Waals surface area contributed by atoms with Crippen LogP contribution >= 0.6 is 11.6 Å². The lowest BCUT2D eigenvalue weighted by Gasteiger charge is -2.02. The molecule has 1 aromatic heterocycles. The second-order valence-corrected chi connectivity index (χ2v) is 4.14. The van der Waals surface area contributed by atoms with E-state index in [9.17, 15) is 0 Å². The van der Waals surface area contributed by atoms with E-state index in [2.05, 4.69) is 12.0 Å². The Labute approximate surface area is 99.8 Å². The molecule has 1 heterocycles. The van der Waals surface area contributed by atoms with E-state index in [1.165, 1.54) is 0 Å². The summed E-state index contributed by atoms with van der Waals surface area (Å²) in [5, 5.41) is 4.94. The first-order valence-corrected chi connectivity index (χ1v) is 5.66. The number of nitrogens with zero attached hydrogens (tertiary/aromatic N) is 2. The van der Waals surface area contributed by atoms with E-state index in [0.717, 1.165) is 24.1 Å². The highest BCUT2D eigenvalue weighted by Crippen LogP contribution is 2.29. The highest BCUT2D eigenvalue weighted by molar-refractivity contribution is 6.33. The monoisotopic (exact) mass is 235 g/mol. The zero-order valence-corrected chi connectivity index (χ0v) is 9.91. The molecule has 0 spiro atoms. The molecule has 2 N–H and O–H groups in total. The lowest BCUT2D eigenvalue weighted by Crippen LogP contribution is -1.95. The average Bonchev–Trinajstić information content (AvgIpc) is 2.67. The van der Waals surface area contributed by atoms with Gasteiger partial charge in [0.25, 0.3) is 0 Å². The van der Waals surface area contributed by atoms with Crippen molar-refractivity contribution in [2.45, 2.75) is 19.9 Å². The number of nitrogen functional groups attached to an aromatic ring is 1. The molecule has 0 radical (unpaired) electrons. The molecule has 1 aromatic carbocycles. The van der Waals surface area contributed by atoms with E-state index >= 15 is 0 Å². The Hall–Kier alpha value is -1.48. The summed E-state index contributed by atoms with van der Waals surface area (Å²) in [6.45, 7) is 3.05. The smallest absolute Gasteiger partial charge is 0.0568 e. The molecule has 0 saturated heterocycles. The molecule has 0 atom stereocenters. The van der Waals surface area contributed by atoms with Gasteiger partial charge in [-0.15, -0.1) is 0 Å². The van der Waals surface area contributed by atoms with Crippen LogP contribution in [-0.2, 0) is 6.54 Å². The normalized spacial score (nSPS) is 10.6. The second kappa shape index (κ2) is 4.58. The minimum atomic E-state index is 0.663. The number of aromatic nitrogens is 2. The number of hydrogen-bond donors (Lipinski definition) is 1. The van der Waals surface area contributed by atoms with Crippen molar-refractivity contribution in [3.8, 4) is 11.1 Å². The number of hydrogen-bond acceptors (Lipinski definition) is 2. The van der Waals surface area contributed by atoms with Crippen LogP contribution in [-0.4, -0.2) is 9.78 Å². The third kappa shape index (κ3) is 2.19. The first-order valence-electron chi connectivity index (χ1n) is 5.28. The van der Waals surface area contributed by atoms with Crippen LogP contribution < -0.4 is 5.73 Å². The maximum absolute atomic E-state index is 6.13. The SMILES string of the molecule is CCCn1cc(-c2ccc(N)cc2Cl)cn1. The van der Waals surface area contributed by atoms with Crippen LogP contribution in [0.2, 0.25) is 5.02 Å². The van der Waals surface area contributed by atoms with E-state index in [-0.39, 0.29) is 0 Å². The summed E-state index contributed by atoms with van der Waals surface area (Å²) >= 11 is 6.13. The number of benzene rings is 1. The molecule has 0 saturated carbocycles. The van der Waals surface area contributed by atoms with Crippen LogP contribution in [0.1, 0.15) is 13.3 Å². The van der Waals surface area contributed by atoms with Gasteiger partial charge in [-0.3, -0.25) is 4.68 Å². The van der Waals surface area contributed by atoms with E-state index in [1.54, 1.807) is 6.07 Å². The van der Waals surface area contributed by atoms with Crippen LogP contribution in [0.15, 0.2) is 30.6 Å². The fourth-order valence-electron chi connectivity index (χ4n) is 1.62. The summed E-state index contributed by atoms with van der Waals surface area (Å²) in [7, 11) is 0. The third-order valence-electron chi connectivity index (χ3n) is 2.39. The van der Waals surface area contributed by atoms with Gasteiger partial charge in [-0.05, 0) is 18.6 Å². The quantitative estimate of drug-likeness (QED) is 0.831. The molecule has 0 bridgehead atoms. The Bertz CT molecular complexity index is 491.